The minimum Gasteiger partial charge on any atom is -0.464 e. The van der Waals surface area contributed by atoms with E-state index >= 15 is 0 Å². The zero-order chi connectivity index (χ0) is 16.2. The number of carbonyl (C=O) groups is 3. The summed E-state index contributed by atoms with van der Waals surface area (Å²) in [5, 5.41) is 10.2. The fourth-order valence-electron chi connectivity index (χ4n) is 2.91. The normalized spacial score (nSPS) is 29.0. The second kappa shape index (κ2) is 7.19. The molecular formula is C15H23NO6. The Hall–Kier alpha value is -1.47. The number of aliphatic hydroxyl groups is 1. The van der Waals surface area contributed by atoms with Crippen LogP contribution in [-0.4, -0.2) is 59.3 Å². The van der Waals surface area contributed by atoms with E-state index in [-0.39, 0.29) is 19.6 Å². The van der Waals surface area contributed by atoms with Crippen molar-refractivity contribution in [1.82, 2.24) is 4.90 Å². The van der Waals surface area contributed by atoms with E-state index in [1.54, 1.807) is 6.92 Å². The molecule has 7 nitrogen and oxygen atoms in total. The van der Waals surface area contributed by atoms with Crippen molar-refractivity contribution in [3.05, 3.63) is 0 Å². The Morgan fingerprint density at radius 3 is 2.68 bits per heavy atom. The molecule has 0 bridgehead atoms. The van der Waals surface area contributed by atoms with E-state index in [1.165, 1.54) is 4.90 Å². The lowest BCUT2D eigenvalue weighted by Crippen LogP contribution is -2.57. The average Bonchev–Trinajstić information content (AvgIpc) is 2.54. The third-order valence-corrected chi connectivity index (χ3v) is 4.12. The van der Waals surface area contributed by atoms with Crippen LogP contribution in [0.2, 0.25) is 0 Å². The van der Waals surface area contributed by atoms with E-state index in [1.807, 2.05) is 0 Å². The predicted octanol–water partition coefficient (Wildman–Crippen LogP) is 0.389. The van der Waals surface area contributed by atoms with Crippen molar-refractivity contribution in [2.45, 2.75) is 57.3 Å². The van der Waals surface area contributed by atoms with Gasteiger partial charge >= 0.3 is 5.97 Å². The van der Waals surface area contributed by atoms with Gasteiger partial charge in [0.1, 0.15) is 6.04 Å². The molecule has 22 heavy (non-hydrogen) atoms. The van der Waals surface area contributed by atoms with Crippen LogP contribution in [0.5, 0.6) is 0 Å². The smallest absolute Gasteiger partial charge is 0.328 e. The van der Waals surface area contributed by atoms with Crippen LogP contribution in [0.25, 0.3) is 0 Å². The maximum absolute atomic E-state index is 12.5. The van der Waals surface area contributed by atoms with Crippen molar-refractivity contribution in [2.75, 3.05) is 19.8 Å². The number of carbonyl (C=O) groups excluding carboxylic acids is 3. The number of ketones is 1. The maximum Gasteiger partial charge on any atom is 0.328 e. The summed E-state index contributed by atoms with van der Waals surface area (Å²) in [5.41, 5.74) is 0. The van der Waals surface area contributed by atoms with Crippen molar-refractivity contribution >= 4 is 17.7 Å². The van der Waals surface area contributed by atoms with Gasteiger partial charge in [-0.15, -0.1) is 0 Å². The number of rotatable bonds is 4. The average molecular weight is 313 g/mol. The lowest BCUT2D eigenvalue weighted by molar-refractivity contribution is -0.220. The first-order valence-corrected chi connectivity index (χ1v) is 7.88. The lowest BCUT2D eigenvalue weighted by atomic mass is 9.97. The SMILES string of the molecule is CCOC(=O)C1CCCCN1C(=O)C(=O)C1(O)CCCCO1. The summed E-state index contributed by atoms with van der Waals surface area (Å²) in [6.07, 6.45) is 3.46. The minimum atomic E-state index is -2.05. The van der Waals surface area contributed by atoms with Gasteiger partial charge in [-0.2, -0.15) is 0 Å². The first-order valence-electron chi connectivity index (χ1n) is 7.88. The first-order chi connectivity index (χ1) is 10.5. The van der Waals surface area contributed by atoms with E-state index in [9.17, 15) is 19.5 Å². The minimum absolute atomic E-state index is 0.107. The van der Waals surface area contributed by atoms with Gasteiger partial charge in [-0.05, 0) is 39.0 Å². The fraction of sp³-hybridized carbons (Fsp3) is 0.800. The molecule has 2 fully saturated rings. The maximum atomic E-state index is 12.5. The molecule has 0 aromatic rings. The van der Waals surface area contributed by atoms with Gasteiger partial charge in [-0.1, -0.05) is 0 Å². The molecule has 2 aliphatic heterocycles. The van der Waals surface area contributed by atoms with Crippen LogP contribution >= 0.6 is 0 Å². The molecule has 2 saturated heterocycles. The number of esters is 1. The molecule has 0 aliphatic carbocycles. The van der Waals surface area contributed by atoms with Gasteiger partial charge in [-0.25, -0.2) is 4.79 Å². The van der Waals surface area contributed by atoms with Crippen molar-refractivity contribution in [2.24, 2.45) is 0 Å². The van der Waals surface area contributed by atoms with Crippen molar-refractivity contribution in [1.29, 1.82) is 0 Å². The Kier molecular flexibility index (Phi) is 5.52. The first kappa shape index (κ1) is 16.9. The summed E-state index contributed by atoms with van der Waals surface area (Å²) in [6, 6.07) is -0.752. The molecule has 0 aromatic heterocycles. The summed E-state index contributed by atoms with van der Waals surface area (Å²) in [5.74, 6) is -4.39. The van der Waals surface area contributed by atoms with Gasteiger partial charge < -0.3 is 19.5 Å². The number of amides is 1. The van der Waals surface area contributed by atoms with Gasteiger partial charge in [0, 0.05) is 13.0 Å². The van der Waals surface area contributed by atoms with Crippen LogP contribution in [0.1, 0.15) is 45.4 Å². The predicted molar refractivity (Wildman–Crippen MR) is 75.7 cm³/mol. The lowest BCUT2D eigenvalue weighted by Gasteiger charge is -2.36. The van der Waals surface area contributed by atoms with E-state index in [0.29, 0.717) is 25.8 Å². The van der Waals surface area contributed by atoms with E-state index in [4.69, 9.17) is 9.47 Å². The molecule has 2 heterocycles. The second-order valence-electron chi connectivity index (χ2n) is 5.68. The van der Waals surface area contributed by atoms with Gasteiger partial charge in [0.05, 0.1) is 13.2 Å². The van der Waals surface area contributed by atoms with Crippen molar-refractivity contribution in [3.8, 4) is 0 Å². The number of nitrogens with zero attached hydrogens (tertiary/aromatic N) is 1. The quantitative estimate of drug-likeness (QED) is 0.596. The van der Waals surface area contributed by atoms with E-state index in [2.05, 4.69) is 0 Å². The Balaban J connectivity index is 2.11. The number of hydrogen-bond acceptors (Lipinski definition) is 6. The van der Waals surface area contributed by atoms with Crippen LogP contribution in [0.3, 0.4) is 0 Å². The molecule has 1 amide bonds. The molecular weight excluding hydrogens is 290 g/mol. The van der Waals surface area contributed by atoms with Gasteiger partial charge in [-0.3, -0.25) is 9.59 Å². The highest BCUT2D eigenvalue weighted by atomic mass is 16.6. The third-order valence-electron chi connectivity index (χ3n) is 4.12. The van der Waals surface area contributed by atoms with Gasteiger partial charge in [0.15, 0.2) is 0 Å². The number of likely N-dealkylation sites (tertiary alicyclic amines) is 1. The Bertz CT molecular complexity index is 443. The Labute approximate surface area is 129 Å². The fourth-order valence-corrected chi connectivity index (χ4v) is 2.91. The highest BCUT2D eigenvalue weighted by molar-refractivity contribution is 6.39. The molecule has 2 atom stereocenters. The highest BCUT2D eigenvalue weighted by Gasteiger charge is 2.46. The largest absolute Gasteiger partial charge is 0.464 e. The topological polar surface area (TPSA) is 93.1 Å². The zero-order valence-electron chi connectivity index (χ0n) is 12.9. The summed E-state index contributed by atoms with van der Waals surface area (Å²) >= 11 is 0. The third kappa shape index (κ3) is 3.47. The van der Waals surface area contributed by atoms with Crippen LogP contribution < -0.4 is 0 Å². The Morgan fingerprint density at radius 1 is 1.27 bits per heavy atom. The number of Topliss-reactive ketones (excluding diaryl/α,β-unsaturated/α-hetero) is 1. The standard InChI is InChI=1S/C15H23NO6/c1-2-21-14(19)11-7-3-5-9-16(11)13(18)12(17)15(20)8-4-6-10-22-15/h11,20H,2-10H2,1H3. The molecule has 1 N–H and O–H groups in total. The zero-order valence-corrected chi connectivity index (χ0v) is 12.9. The molecule has 0 radical (unpaired) electrons. The van der Waals surface area contributed by atoms with Crippen LogP contribution in [0.4, 0.5) is 0 Å². The molecule has 7 heteroatoms. The summed E-state index contributed by atoms with van der Waals surface area (Å²) in [4.78, 5) is 38.0. The van der Waals surface area contributed by atoms with Crippen molar-refractivity contribution < 1.29 is 29.0 Å². The number of hydrogen-bond donors (Lipinski definition) is 1. The molecule has 0 spiro atoms. The van der Waals surface area contributed by atoms with Crippen LogP contribution in [0, 0.1) is 0 Å². The summed E-state index contributed by atoms with van der Waals surface area (Å²) in [6.45, 7) is 2.47. The molecule has 124 valence electrons. The van der Waals surface area contributed by atoms with Crippen LogP contribution in [0.15, 0.2) is 0 Å². The monoisotopic (exact) mass is 313 g/mol. The summed E-state index contributed by atoms with van der Waals surface area (Å²) < 4.78 is 10.1. The molecule has 2 aliphatic rings. The van der Waals surface area contributed by atoms with Gasteiger partial charge in [0.2, 0.25) is 5.79 Å². The van der Waals surface area contributed by atoms with Crippen LogP contribution in [-0.2, 0) is 23.9 Å². The highest BCUT2D eigenvalue weighted by Crippen LogP contribution is 2.26. The molecule has 0 aromatic carbocycles. The van der Waals surface area contributed by atoms with E-state index < -0.39 is 29.5 Å². The second-order valence-corrected chi connectivity index (χ2v) is 5.68. The van der Waals surface area contributed by atoms with Crippen molar-refractivity contribution in [3.63, 3.8) is 0 Å². The van der Waals surface area contributed by atoms with E-state index in [0.717, 1.165) is 12.8 Å². The Morgan fingerprint density at radius 2 is 2.05 bits per heavy atom. The molecule has 2 rings (SSSR count). The molecule has 2 unspecified atom stereocenters. The van der Waals surface area contributed by atoms with Gasteiger partial charge in [0.25, 0.3) is 11.7 Å². The number of piperidine rings is 1. The summed E-state index contributed by atoms with van der Waals surface area (Å²) in [7, 11) is 0. The number of ether oxygens (including phenoxy) is 2. The molecule has 0 saturated carbocycles.